The fraction of sp³-hybridized carbons (Fsp3) is 0.250. The minimum atomic E-state index is -0.324. The van der Waals surface area contributed by atoms with Crippen LogP contribution in [-0.4, -0.2) is 50.5 Å². The topological polar surface area (TPSA) is 95.6 Å². The summed E-state index contributed by atoms with van der Waals surface area (Å²) in [5.41, 5.74) is 11.5. The molecule has 7 nitrogen and oxygen atoms in total. The number of hydrogen-bond acceptors (Lipinski definition) is 6. The number of nitrogen functional groups attached to an aromatic ring is 1. The van der Waals surface area contributed by atoms with E-state index in [2.05, 4.69) is 9.97 Å². The van der Waals surface area contributed by atoms with Crippen molar-refractivity contribution in [2.24, 2.45) is 0 Å². The number of anilines is 1. The second kappa shape index (κ2) is 10.0. The summed E-state index contributed by atoms with van der Waals surface area (Å²) in [7, 11) is 0. The lowest BCUT2D eigenvalue weighted by molar-refractivity contribution is 0.0747. The average molecular weight is 486 g/mol. The first kappa shape index (κ1) is 23.8. The molecule has 0 fully saturated rings. The standard InChI is InChI=1S/C28H28FN5O2/c1-2-33(11-12-35)15-21-13-22(29)8-9-23(21)18-7-10-25-24(14-18)26(32-28(30)31-25)27(36)34-16-19-5-3-4-6-20(19)17-34/h3-10,13-14,35H,2,11-12,15-17H2,1H3,(H2,30,31,32). The van der Waals surface area contributed by atoms with E-state index in [1.807, 2.05) is 54.3 Å². The number of amides is 1. The summed E-state index contributed by atoms with van der Waals surface area (Å²) in [6, 6.07) is 18.3. The zero-order chi connectivity index (χ0) is 25.2. The second-order valence-electron chi connectivity index (χ2n) is 8.99. The summed E-state index contributed by atoms with van der Waals surface area (Å²) in [6.07, 6.45) is 0. The number of aliphatic hydroxyl groups excluding tert-OH is 1. The number of benzene rings is 3. The molecule has 36 heavy (non-hydrogen) atoms. The molecule has 0 radical (unpaired) electrons. The summed E-state index contributed by atoms with van der Waals surface area (Å²) in [6.45, 7) is 4.75. The highest BCUT2D eigenvalue weighted by molar-refractivity contribution is 6.06. The molecule has 3 aromatic carbocycles. The van der Waals surface area contributed by atoms with E-state index in [-0.39, 0.29) is 30.0 Å². The molecule has 0 spiro atoms. The number of carbonyl (C=O) groups is 1. The van der Waals surface area contributed by atoms with Crippen LogP contribution in [0, 0.1) is 5.82 Å². The zero-order valence-electron chi connectivity index (χ0n) is 20.1. The summed E-state index contributed by atoms with van der Waals surface area (Å²) < 4.78 is 14.2. The highest BCUT2D eigenvalue weighted by Crippen LogP contribution is 2.31. The van der Waals surface area contributed by atoms with E-state index in [0.29, 0.717) is 37.1 Å². The van der Waals surface area contributed by atoms with Gasteiger partial charge in [-0.25, -0.2) is 14.4 Å². The molecule has 0 atom stereocenters. The molecule has 4 aromatic rings. The van der Waals surface area contributed by atoms with Crippen molar-refractivity contribution in [2.75, 3.05) is 25.4 Å². The Morgan fingerprint density at radius 2 is 1.83 bits per heavy atom. The Hall–Kier alpha value is -3.88. The lowest BCUT2D eigenvalue weighted by Gasteiger charge is -2.21. The Balaban J connectivity index is 1.55. The molecule has 1 aromatic heterocycles. The minimum absolute atomic E-state index is 0.0268. The molecule has 184 valence electrons. The number of nitrogens with two attached hydrogens (primary N) is 1. The molecule has 0 unspecified atom stereocenters. The van der Waals surface area contributed by atoms with Crippen LogP contribution in [0.4, 0.5) is 10.3 Å². The predicted molar refractivity (Wildman–Crippen MR) is 137 cm³/mol. The van der Waals surface area contributed by atoms with E-state index >= 15 is 0 Å². The van der Waals surface area contributed by atoms with Crippen LogP contribution in [-0.2, 0) is 19.6 Å². The van der Waals surface area contributed by atoms with Crippen molar-refractivity contribution in [3.05, 3.63) is 88.9 Å². The van der Waals surface area contributed by atoms with Gasteiger partial charge in [-0.05, 0) is 58.6 Å². The number of likely N-dealkylation sites (N-methyl/N-ethyl adjacent to an activating group) is 1. The number of carbonyl (C=O) groups excluding carboxylic acids is 1. The van der Waals surface area contributed by atoms with Gasteiger partial charge in [0.1, 0.15) is 11.5 Å². The van der Waals surface area contributed by atoms with Gasteiger partial charge in [-0.2, -0.15) is 0 Å². The van der Waals surface area contributed by atoms with Crippen LogP contribution in [0.15, 0.2) is 60.7 Å². The van der Waals surface area contributed by atoms with Gasteiger partial charge in [-0.15, -0.1) is 0 Å². The highest BCUT2D eigenvalue weighted by Gasteiger charge is 2.27. The second-order valence-corrected chi connectivity index (χ2v) is 8.99. The summed E-state index contributed by atoms with van der Waals surface area (Å²) in [4.78, 5) is 26.1. The molecule has 1 aliphatic heterocycles. The Labute approximate surface area is 209 Å². The first-order valence-electron chi connectivity index (χ1n) is 12.0. The minimum Gasteiger partial charge on any atom is -0.395 e. The molecule has 2 heterocycles. The Morgan fingerprint density at radius 3 is 2.53 bits per heavy atom. The first-order chi connectivity index (χ1) is 17.5. The van der Waals surface area contributed by atoms with E-state index in [4.69, 9.17) is 5.73 Å². The van der Waals surface area contributed by atoms with Gasteiger partial charge < -0.3 is 15.7 Å². The number of halogens is 1. The van der Waals surface area contributed by atoms with Crippen LogP contribution in [0.2, 0.25) is 0 Å². The third kappa shape index (κ3) is 4.65. The van der Waals surface area contributed by atoms with Crippen LogP contribution < -0.4 is 5.73 Å². The molecule has 1 amide bonds. The largest absolute Gasteiger partial charge is 0.395 e. The molecule has 0 aliphatic carbocycles. The van der Waals surface area contributed by atoms with Gasteiger partial charge in [-0.1, -0.05) is 43.3 Å². The van der Waals surface area contributed by atoms with E-state index < -0.39 is 0 Å². The van der Waals surface area contributed by atoms with Crippen LogP contribution in [0.1, 0.15) is 34.1 Å². The fourth-order valence-electron chi connectivity index (χ4n) is 4.81. The maximum absolute atomic E-state index is 14.2. The van der Waals surface area contributed by atoms with E-state index in [0.717, 1.165) is 34.4 Å². The number of nitrogens with zero attached hydrogens (tertiary/aromatic N) is 4. The monoisotopic (exact) mass is 485 g/mol. The van der Waals surface area contributed by atoms with Crippen LogP contribution in [0.25, 0.3) is 22.0 Å². The Bertz CT molecular complexity index is 1420. The normalized spacial score (nSPS) is 12.9. The van der Waals surface area contributed by atoms with Crippen molar-refractivity contribution in [3.8, 4) is 11.1 Å². The third-order valence-electron chi connectivity index (χ3n) is 6.68. The van der Waals surface area contributed by atoms with Crippen LogP contribution >= 0.6 is 0 Å². The van der Waals surface area contributed by atoms with Crippen molar-refractivity contribution in [3.63, 3.8) is 0 Å². The van der Waals surface area contributed by atoms with Crippen molar-refractivity contribution < 1.29 is 14.3 Å². The third-order valence-corrected chi connectivity index (χ3v) is 6.68. The van der Waals surface area contributed by atoms with Crippen LogP contribution in [0.3, 0.4) is 0 Å². The van der Waals surface area contributed by atoms with Gasteiger partial charge in [0.05, 0.1) is 12.1 Å². The number of aromatic nitrogens is 2. The van der Waals surface area contributed by atoms with Gasteiger partial charge in [0.15, 0.2) is 0 Å². The molecule has 0 bridgehead atoms. The van der Waals surface area contributed by atoms with Gasteiger partial charge in [0.2, 0.25) is 5.95 Å². The fourth-order valence-corrected chi connectivity index (χ4v) is 4.81. The smallest absolute Gasteiger partial charge is 0.273 e. The SMILES string of the molecule is CCN(CCO)Cc1cc(F)ccc1-c1ccc2nc(N)nc(C(=O)N3Cc4ccccc4C3)c2c1. The van der Waals surface area contributed by atoms with Crippen molar-refractivity contribution in [1.29, 1.82) is 0 Å². The van der Waals surface area contributed by atoms with E-state index in [9.17, 15) is 14.3 Å². The van der Waals surface area contributed by atoms with Crippen LogP contribution in [0.5, 0.6) is 0 Å². The molecular weight excluding hydrogens is 457 g/mol. The lowest BCUT2D eigenvalue weighted by Crippen LogP contribution is -2.27. The lowest BCUT2D eigenvalue weighted by atomic mass is 9.97. The molecule has 0 saturated carbocycles. The first-order valence-corrected chi connectivity index (χ1v) is 12.0. The molecule has 0 saturated heterocycles. The summed E-state index contributed by atoms with van der Waals surface area (Å²) in [5.74, 6) is -0.488. The predicted octanol–water partition coefficient (Wildman–Crippen LogP) is 3.99. The quantitative estimate of drug-likeness (QED) is 0.411. The maximum atomic E-state index is 14.2. The number of fused-ring (bicyclic) bond motifs is 2. The van der Waals surface area contributed by atoms with Gasteiger partial charge >= 0.3 is 0 Å². The highest BCUT2D eigenvalue weighted by atomic mass is 19.1. The molecule has 8 heteroatoms. The molecule has 1 aliphatic rings. The average Bonchev–Trinajstić information content (AvgIpc) is 3.32. The number of rotatable bonds is 7. The Morgan fingerprint density at radius 1 is 1.08 bits per heavy atom. The molecular formula is C28H28FN5O2. The Kier molecular flexibility index (Phi) is 6.63. The maximum Gasteiger partial charge on any atom is 0.273 e. The molecule has 3 N–H and O–H groups in total. The molecule has 5 rings (SSSR count). The van der Waals surface area contributed by atoms with Gasteiger partial charge in [0.25, 0.3) is 5.91 Å². The number of hydrogen-bond donors (Lipinski definition) is 2. The zero-order valence-corrected chi connectivity index (χ0v) is 20.1. The van der Waals surface area contributed by atoms with Gasteiger partial charge in [-0.3, -0.25) is 9.69 Å². The van der Waals surface area contributed by atoms with E-state index in [1.54, 1.807) is 11.0 Å². The van der Waals surface area contributed by atoms with Crippen molar-refractivity contribution >= 4 is 22.8 Å². The van der Waals surface area contributed by atoms with Crippen molar-refractivity contribution in [2.45, 2.75) is 26.6 Å². The summed E-state index contributed by atoms with van der Waals surface area (Å²) >= 11 is 0. The summed E-state index contributed by atoms with van der Waals surface area (Å²) in [5, 5.41) is 9.98. The number of aliphatic hydroxyl groups is 1. The van der Waals surface area contributed by atoms with Gasteiger partial charge in [0, 0.05) is 31.6 Å². The van der Waals surface area contributed by atoms with E-state index in [1.165, 1.54) is 12.1 Å². The van der Waals surface area contributed by atoms with Crippen molar-refractivity contribution in [1.82, 2.24) is 19.8 Å².